The van der Waals surface area contributed by atoms with Crippen LogP contribution in [-0.2, 0) is 22.5 Å². The fourth-order valence-electron chi connectivity index (χ4n) is 4.63. The number of carbonyl (C=O) groups excluding carboxylic acids is 3. The third-order valence-electron chi connectivity index (χ3n) is 6.84. The number of anilines is 1. The predicted molar refractivity (Wildman–Crippen MR) is 151 cm³/mol. The van der Waals surface area contributed by atoms with Gasteiger partial charge in [0.15, 0.2) is 12.1 Å². The topological polar surface area (TPSA) is 101 Å². The number of ether oxygens (including phenoxy) is 1. The van der Waals surface area contributed by atoms with Crippen molar-refractivity contribution >= 4 is 23.6 Å². The SMILES string of the molecule is Cc1ccc(C(=O)Nc2ccc(C3OC(=O)N(Cc4ccc(F)cc4)C3C(=O)NCCc3ccccn3)cc2)cc1. The summed E-state index contributed by atoms with van der Waals surface area (Å²) in [6.07, 6.45) is 0.667. The summed E-state index contributed by atoms with van der Waals surface area (Å²) < 4.78 is 19.2. The van der Waals surface area contributed by atoms with Crippen molar-refractivity contribution in [2.75, 3.05) is 11.9 Å². The molecular formula is C32H29FN4O4. The number of cyclic esters (lactones) is 1. The van der Waals surface area contributed by atoms with E-state index in [0.29, 0.717) is 35.3 Å². The molecule has 2 heterocycles. The minimum absolute atomic E-state index is 0.0681. The van der Waals surface area contributed by atoms with E-state index in [1.165, 1.54) is 17.0 Å². The highest BCUT2D eigenvalue weighted by molar-refractivity contribution is 6.04. The lowest BCUT2D eigenvalue weighted by Gasteiger charge is -2.24. The monoisotopic (exact) mass is 552 g/mol. The highest BCUT2D eigenvalue weighted by Gasteiger charge is 2.46. The number of hydrogen-bond donors (Lipinski definition) is 2. The molecule has 0 radical (unpaired) electrons. The maximum atomic E-state index is 13.5. The van der Waals surface area contributed by atoms with Crippen molar-refractivity contribution in [3.63, 3.8) is 0 Å². The second-order valence-corrected chi connectivity index (χ2v) is 9.81. The van der Waals surface area contributed by atoms with E-state index in [4.69, 9.17) is 4.74 Å². The Hall–Kier alpha value is -5.05. The molecular weight excluding hydrogens is 523 g/mol. The number of carbonyl (C=O) groups is 3. The molecule has 1 saturated heterocycles. The Bertz CT molecular complexity index is 1510. The van der Waals surface area contributed by atoms with Gasteiger partial charge < -0.3 is 15.4 Å². The predicted octanol–water partition coefficient (Wildman–Crippen LogP) is 5.20. The van der Waals surface area contributed by atoms with Crippen molar-refractivity contribution in [1.82, 2.24) is 15.2 Å². The van der Waals surface area contributed by atoms with Gasteiger partial charge in [-0.15, -0.1) is 0 Å². The molecule has 3 aromatic carbocycles. The Balaban J connectivity index is 1.33. The van der Waals surface area contributed by atoms with Crippen molar-refractivity contribution < 1.29 is 23.5 Å². The van der Waals surface area contributed by atoms with Crippen molar-refractivity contribution in [3.8, 4) is 0 Å². The number of aryl methyl sites for hydroxylation is 1. The Morgan fingerprint density at radius 2 is 1.68 bits per heavy atom. The maximum absolute atomic E-state index is 13.5. The number of rotatable bonds is 9. The van der Waals surface area contributed by atoms with Crippen molar-refractivity contribution in [1.29, 1.82) is 0 Å². The van der Waals surface area contributed by atoms with Gasteiger partial charge in [0.2, 0.25) is 5.91 Å². The number of nitrogens with one attached hydrogen (secondary N) is 2. The number of nitrogens with zero attached hydrogens (tertiary/aromatic N) is 2. The molecule has 3 amide bonds. The Morgan fingerprint density at radius 3 is 2.37 bits per heavy atom. The van der Waals surface area contributed by atoms with Crippen LogP contribution in [0.5, 0.6) is 0 Å². The van der Waals surface area contributed by atoms with Crippen molar-refractivity contribution in [2.45, 2.75) is 32.0 Å². The molecule has 1 aliphatic rings. The largest absolute Gasteiger partial charge is 0.438 e. The molecule has 1 aliphatic heterocycles. The highest BCUT2D eigenvalue weighted by Crippen LogP contribution is 2.34. The molecule has 208 valence electrons. The van der Waals surface area contributed by atoms with Crippen LogP contribution in [0.3, 0.4) is 0 Å². The van der Waals surface area contributed by atoms with Gasteiger partial charge in [0.25, 0.3) is 5.91 Å². The summed E-state index contributed by atoms with van der Waals surface area (Å²) in [7, 11) is 0. The molecule has 8 nitrogen and oxygen atoms in total. The van der Waals surface area contributed by atoms with E-state index in [0.717, 1.165) is 11.3 Å². The minimum Gasteiger partial charge on any atom is -0.438 e. The van der Waals surface area contributed by atoms with Gasteiger partial charge >= 0.3 is 6.09 Å². The van der Waals surface area contributed by atoms with Crippen LogP contribution in [0.25, 0.3) is 0 Å². The van der Waals surface area contributed by atoms with E-state index in [9.17, 15) is 18.8 Å². The first-order valence-electron chi connectivity index (χ1n) is 13.2. The molecule has 0 aliphatic carbocycles. The zero-order valence-corrected chi connectivity index (χ0v) is 22.4. The normalized spacial score (nSPS) is 16.2. The van der Waals surface area contributed by atoms with E-state index < -0.39 is 24.1 Å². The summed E-state index contributed by atoms with van der Waals surface area (Å²) in [5.41, 5.74) is 4.23. The second kappa shape index (κ2) is 12.4. The van der Waals surface area contributed by atoms with E-state index in [1.807, 2.05) is 37.3 Å². The van der Waals surface area contributed by atoms with Crippen LogP contribution < -0.4 is 10.6 Å². The number of hydrogen-bond acceptors (Lipinski definition) is 5. The van der Waals surface area contributed by atoms with Crippen LogP contribution in [0, 0.1) is 12.7 Å². The first-order chi connectivity index (χ1) is 19.9. The molecule has 2 N–H and O–H groups in total. The third kappa shape index (κ3) is 6.75. The van der Waals surface area contributed by atoms with Gasteiger partial charge in [-0.3, -0.25) is 19.5 Å². The van der Waals surface area contributed by atoms with Crippen LogP contribution in [0.4, 0.5) is 14.9 Å². The summed E-state index contributed by atoms with van der Waals surface area (Å²) >= 11 is 0. The number of amides is 3. The number of pyridine rings is 1. The molecule has 41 heavy (non-hydrogen) atoms. The Morgan fingerprint density at radius 1 is 0.951 bits per heavy atom. The smallest absolute Gasteiger partial charge is 0.411 e. The molecule has 0 spiro atoms. The Labute approximate surface area is 237 Å². The molecule has 9 heteroatoms. The lowest BCUT2D eigenvalue weighted by molar-refractivity contribution is -0.126. The minimum atomic E-state index is -0.968. The van der Waals surface area contributed by atoms with Crippen LogP contribution in [0.1, 0.15) is 38.8 Å². The van der Waals surface area contributed by atoms with Crippen LogP contribution in [-0.4, -0.2) is 40.4 Å². The van der Waals surface area contributed by atoms with Gasteiger partial charge in [-0.25, -0.2) is 9.18 Å². The average molecular weight is 553 g/mol. The molecule has 0 bridgehead atoms. The fraction of sp³-hybridized carbons (Fsp3) is 0.188. The molecule has 0 saturated carbocycles. The van der Waals surface area contributed by atoms with Crippen LogP contribution >= 0.6 is 0 Å². The summed E-state index contributed by atoms with van der Waals surface area (Å²) in [6, 6.07) is 24.4. The standard InChI is InChI=1S/C32H29FN4O4/c1-21-5-9-24(10-6-21)30(38)36-27-15-11-23(12-16-27)29-28(31(39)35-19-17-26-4-2-3-18-34-26)37(32(40)41-29)20-22-7-13-25(33)14-8-22/h2-16,18,28-29H,17,19-20H2,1H3,(H,35,39)(H,36,38). The summed E-state index contributed by atoms with van der Waals surface area (Å²) in [6.45, 7) is 2.34. The van der Waals surface area contributed by atoms with E-state index in [-0.39, 0.29) is 18.4 Å². The highest BCUT2D eigenvalue weighted by atomic mass is 19.1. The third-order valence-corrected chi connectivity index (χ3v) is 6.84. The van der Waals surface area contributed by atoms with E-state index in [1.54, 1.807) is 54.7 Å². The van der Waals surface area contributed by atoms with Crippen molar-refractivity contribution in [3.05, 3.63) is 131 Å². The fourth-order valence-corrected chi connectivity index (χ4v) is 4.63. The lowest BCUT2D eigenvalue weighted by atomic mass is 10.00. The number of aromatic nitrogens is 1. The van der Waals surface area contributed by atoms with Gasteiger partial charge in [0, 0.05) is 36.1 Å². The molecule has 5 rings (SSSR count). The molecule has 2 unspecified atom stereocenters. The quantitative estimate of drug-likeness (QED) is 0.297. The van der Waals surface area contributed by atoms with Gasteiger partial charge in [-0.2, -0.15) is 0 Å². The van der Waals surface area contributed by atoms with Gasteiger partial charge in [0.1, 0.15) is 5.82 Å². The zero-order chi connectivity index (χ0) is 28.8. The van der Waals surface area contributed by atoms with Gasteiger partial charge in [-0.1, -0.05) is 48.0 Å². The second-order valence-electron chi connectivity index (χ2n) is 9.81. The molecule has 1 aromatic heterocycles. The van der Waals surface area contributed by atoms with Crippen molar-refractivity contribution in [2.24, 2.45) is 0 Å². The molecule has 2 atom stereocenters. The lowest BCUT2D eigenvalue weighted by Crippen LogP contribution is -2.46. The zero-order valence-electron chi connectivity index (χ0n) is 22.4. The van der Waals surface area contributed by atoms with E-state index in [2.05, 4.69) is 15.6 Å². The number of halogens is 1. The summed E-state index contributed by atoms with van der Waals surface area (Å²) in [4.78, 5) is 44.8. The molecule has 4 aromatic rings. The first-order valence-corrected chi connectivity index (χ1v) is 13.2. The first kappa shape index (κ1) is 27.5. The maximum Gasteiger partial charge on any atom is 0.411 e. The van der Waals surface area contributed by atoms with E-state index >= 15 is 0 Å². The number of benzene rings is 3. The summed E-state index contributed by atoms with van der Waals surface area (Å²) in [5, 5.41) is 5.76. The van der Waals surface area contributed by atoms with Gasteiger partial charge in [-0.05, 0) is 66.6 Å². The average Bonchev–Trinajstić information content (AvgIpc) is 3.31. The summed E-state index contributed by atoms with van der Waals surface area (Å²) in [5.74, 6) is -1.02. The van der Waals surface area contributed by atoms with Crippen LogP contribution in [0.15, 0.2) is 97.2 Å². The molecule has 1 fully saturated rings. The van der Waals surface area contributed by atoms with Crippen LogP contribution in [0.2, 0.25) is 0 Å². The Kier molecular flexibility index (Phi) is 8.34. The van der Waals surface area contributed by atoms with Gasteiger partial charge in [0.05, 0.1) is 6.54 Å².